The van der Waals surface area contributed by atoms with Crippen LogP contribution < -0.4 is 0 Å². The van der Waals surface area contributed by atoms with Crippen molar-refractivity contribution in [2.75, 3.05) is 6.61 Å². The first-order chi connectivity index (χ1) is 5.91. The van der Waals surface area contributed by atoms with Crippen LogP contribution in [0.15, 0.2) is 0 Å². The van der Waals surface area contributed by atoms with E-state index in [1.165, 1.54) is 0 Å². The molecule has 1 aliphatic rings. The lowest BCUT2D eigenvalue weighted by Crippen LogP contribution is -2.62. The van der Waals surface area contributed by atoms with Crippen LogP contribution in [-0.4, -0.2) is 57.6 Å². The Morgan fingerprint density at radius 3 is 2.23 bits per heavy atom. The third-order valence-electron chi connectivity index (χ3n) is 1.91. The van der Waals surface area contributed by atoms with Crippen LogP contribution in [0.4, 0.5) is 8.78 Å². The first kappa shape index (κ1) is 10.7. The lowest BCUT2D eigenvalue weighted by atomic mass is 9.98. The molecule has 0 aromatic rings. The van der Waals surface area contributed by atoms with E-state index >= 15 is 0 Å². The fourth-order valence-electron chi connectivity index (χ4n) is 1.08. The van der Waals surface area contributed by atoms with E-state index in [4.69, 9.17) is 20.4 Å². The quantitative estimate of drug-likeness (QED) is 0.395. The van der Waals surface area contributed by atoms with Crippen molar-refractivity contribution in [3.05, 3.63) is 0 Å². The van der Waals surface area contributed by atoms with Gasteiger partial charge in [-0.05, 0) is 0 Å². The van der Waals surface area contributed by atoms with Gasteiger partial charge in [0.1, 0.15) is 12.2 Å². The number of alkyl halides is 2. The molecule has 0 unspecified atom stereocenters. The van der Waals surface area contributed by atoms with Gasteiger partial charge in [-0.2, -0.15) is 0 Å². The zero-order valence-corrected chi connectivity index (χ0v) is 6.47. The predicted molar refractivity (Wildman–Crippen MR) is 34.9 cm³/mol. The van der Waals surface area contributed by atoms with Gasteiger partial charge < -0.3 is 25.2 Å². The molecule has 1 rings (SSSR count). The second kappa shape index (κ2) is 3.43. The van der Waals surface area contributed by atoms with Crippen molar-refractivity contribution in [2.24, 2.45) is 0 Å². The van der Waals surface area contributed by atoms with Gasteiger partial charge in [0.05, 0.1) is 6.61 Å². The SMILES string of the molecule is OC[C@H]1O[C@@H](O)[C@H](O)[C@H](O)C1(F)F. The standard InChI is InChI=1S/C6H10F2O5/c7-6(8)2(1-9)13-5(12)3(10)4(6)11/h2-5,9-12H,1H2/t2-,3-,4+,5-/m1/s1. The molecular formula is C6H10F2O5. The van der Waals surface area contributed by atoms with Crippen molar-refractivity contribution in [3.63, 3.8) is 0 Å². The summed E-state index contributed by atoms with van der Waals surface area (Å²) in [6, 6.07) is 0. The Balaban J connectivity index is 2.82. The van der Waals surface area contributed by atoms with Crippen LogP contribution in [0.5, 0.6) is 0 Å². The molecule has 5 nitrogen and oxygen atoms in total. The lowest BCUT2D eigenvalue weighted by Gasteiger charge is -2.39. The summed E-state index contributed by atoms with van der Waals surface area (Å²) in [7, 11) is 0. The van der Waals surface area contributed by atoms with Crippen molar-refractivity contribution in [3.8, 4) is 0 Å². The minimum absolute atomic E-state index is 1.05. The molecule has 1 saturated heterocycles. The van der Waals surface area contributed by atoms with Crippen LogP contribution in [0, 0.1) is 0 Å². The van der Waals surface area contributed by atoms with Gasteiger partial charge in [-0.3, -0.25) is 0 Å². The van der Waals surface area contributed by atoms with E-state index in [9.17, 15) is 8.78 Å². The summed E-state index contributed by atoms with van der Waals surface area (Å²) in [5, 5.41) is 34.9. The van der Waals surface area contributed by atoms with Crippen molar-refractivity contribution in [1.82, 2.24) is 0 Å². The van der Waals surface area contributed by atoms with Crippen molar-refractivity contribution < 1.29 is 33.9 Å². The molecule has 0 radical (unpaired) electrons. The van der Waals surface area contributed by atoms with E-state index in [0.29, 0.717) is 0 Å². The maximum absolute atomic E-state index is 12.9. The van der Waals surface area contributed by atoms with E-state index in [1.807, 2.05) is 0 Å². The van der Waals surface area contributed by atoms with Gasteiger partial charge in [-0.1, -0.05) is 0 Å². The molecule has 78 valence electrons. The van der Waals surface area contributed by atoms with E-state index in [2.05, 4.69) is 4.74 Å². The summed E-state index contributed by atoms with van der Waals surface area (Å²) >= 11 is 0. The van der Waals surface area contributed by atoms with Crippen LogP contribution in [0.3, 0.4) is 0 Å². The van der Waals surface area contributed by atoms with E-state index in [0.717, 1.165) is 0 Å². The molecule has 0 aromatic carbocycles. The van der Waals surface area contributed by atoms with Gasteiger partial charge >= 0.3 is 5.92 Å². The van der Waals surface area contributed by atoms with Gasteiger partial charge in [0.2, 0.25) is 0 Å². The second-order valence-corrected chi connectivity index (χ2v) is 2.81. The van der Waals surface area contributed by atoms with Crippen molar-refractivity contribution in [1.29, 1.82) is 0 Å². The van der Waals surface area contributed by atoms with Crippen molar-refractivity contribution in [2.45, 2.75) is 30.5 Å². The predicted octanol–water partition coefficient (Wildman–Crippen LogP) is -1.95. The summed E-state index contributed by atoms with van der Waals surface area (Å²) in [6.45, 7) is -1.05. The molecule has 0 aliphatic carbocycles. The molecule has 13 heavy (non-hydrogen) atoms. The van der Waals surface area contributed by atoms with Crippen molar-refractivity contribution >= 4 is 0 Å². The molecule has 1 aliphatic heterocycles. The van der Waals surface area contributed by atoms with Crippen LogP contribution in [-0.2, 0) is 4.74 Å². The molecule has 0 bridgehead atoms. The first-order valence-corrected chi connectivity index (χ1v) is 3.59. The third-order valence-corrected chi connectivity index (χ3v) is 1.91. The topological polar surface area (TPSA) is 90.2 Å². The molecule has 0 spiro atoms. The normalized spacial score (nSPS) is 44.8. The number of hydrogen-bond acceptors (Lipinski definition) is 5. The molecule has 0 aromatic heterocycles. The Morgan fingerprint density at radius 1 is 1.23 bits per heavy atom. The van der Waals surface area contributed by atoms with Gasteiger partial charge in [-0.25, -0.2) is 8.78 Å². The molecule has 4 atom stereocenters. The average Bonchev–Trinajstić information content (AvgIpc) is 2.08. The molecule has 4 N–H and O–H groups in total. The monoisotopic (exact) mass is 200 g/mol. The summed E-state index contributed by atoms with van der Waals surface area (Å²) in [5.41, 5.74) is 0. The molecule has 0 amide bonds. The Kier molecular flexibility index (Phi) is 2.83. The number of hydrogen-bond donors (Lipinski definition) is 4. The van der Waals surface area contributed by atoms with Crippen LogP contribution in [0.25, 0.3) is 0 Å². The summed E-state index contributed by atoms with van der Waals surface area (Å²) in [4.78, 5) is 0. The molecule has 1 fully saturated rings. The first-order valence-electron chi connectivity index (χ1n) is 3.59. The highest BCUT2D eigenvalue weighted by Crippen LogP contribution is 2.33. The highest BCUT2D eigenvalue weighted by molar-refractivity contribution is 4.94. The molecule has 7 heteroatoms. The van der Waals surface area contributed by atoms with E-state index in [1.54, 1.807) is 0 Å². The zero-order valence-electron chi connectivity index (χ0n) is 6.47. The maximum atomic E-state index is 12.9. The van der Waals surface area contributed by atoms with Gasteiger partial charge in [0.15, 0.2) is 12.4 Å². The maximum Gasteiger partial charge on any atom is 0.304 e. The van der Waals surface area contributed by atoms with E-state index < -0.39 is 37.1 Å². The summed E-state index contributed by atoms with van der Waals surface area (Å²) < 4.78 is 29.9. The molecular weight excluding hydrogens is 190 g/mol. The lowest BCUT2D eigenvalue weighted by molar-refractivity contribution is -0.334. The number of aliphatic hydroxyl groups is 4. The zero-order chi connectivity index (χ0) is 10.2. The highest BCUT2D eigenvalue weighted by atomic mass is 19.3. The molecule has 1 heterocycles. The average molecular weight is 200 g/mol. The Labute approximate surface area is 72.2 Å². The summed E-state index contributed by atoms with van der Waals surface area (Å²) in [5.74, 6) is -3.77. The van der Waals surface area contributed by atoms with E-state index in [-0.39, 0.29) is 0 Å². The molecule has 0 saturated carbocycles. The minimum Gasteiger partial charge on any atom is -0.393 e. The van der Waals surface area contributed by atoms with Gasteiger partial charge in [-0.15, -0.1) is 0 Å². The van der Waals surface area contributed by atoms with Crippen LogP contribution >= 0.6 is 0 Å². The summed E-state index contributed by atoms with van der Waals surface area (Å²) in [6.07, 6.45) is -8.42. The Morgan fingerprint density at radius 2 is 1.77 bits per heavy atom. The second-order valence-electron chi connectivity index (χ2n) is 2.81. The largest absolute Gasteiger partial charge is 0.393 e. The smallest absolute Gasteiger partial charge is 0.304 e. The number of ether oxygens (including phenoxy) is 1. The Bertz CT molecular complexity index is 184. The fraction of sp³-hybridized carbons (Fsp3) is 1.00. The van der Waals surface area contributed by atoms with Crippen LogP contribution in [0.2, 0.25) is 0 Å². The third kappa shape index (κ3) is 1.65. The van der Waals surface area contributed by atoms with Crippen LogP contribution in [0.1, 0.15) is 0 Å². The number of aliphatic hydroxyl groups excluding tert-OH is 4. The Hall–Kier alpha value is -0.340. The van der Waals surface area contributed by atoms with Gasteiger partial charge in [0.25, 0.3) is 0 Å². The number of halogens is 2. The minimum atomic E-state index is -3.77. The fourth-order valence-corrected chi connectivity index (χ4v) is 1.08. The highest BCUT2D eigenvalue weighted by Gasteiger charge is 2.56. The van der Waals surface area contributed by atoms with Gasteiger partial charge in [0, 0.05) is 0 Å². The number of rotatable bonds is 1.